The number of nitriles is 1. The van der Waals surface area contributed by atoms with E-state index in [1.807, 2.05) is 0 Å². The summed E-state index contributed by atoms with van der Waals surface area (Å²) in [6.07, 6.45) is 0.986. The van der Waals surface area contributed by atoms with Crippen molar-refractivity contribution in [1.29, 1.82) is 5.26 Å². The summed E-state index contributed by atoms with van der Waals surface area (Å²) in [4.78, 5) is 3.61. The molecule has 1 atom stereocenters. The van der Waals surface area contributed by atoms with Gasteiger partial charge in [0.05, 0.1) is 17.3 Å². The second-order valence-corrected chi connectivity index (χ2v) is 5.69. The van der Waals surface area contributed by atoms with E-state index in [1.165, 1.54) is 22.6 Å². The average Bonchev–Trinajstić information content (AvgIpc) is 2.89. The van der Waals surface area contributed by atoms with Crippen molar-refractivity contribution >= 4 is 17.0 Å². The van der Waals surface area contributed by atoms with Crippen LogP contribution in [0, 0.1) is 17.1 Å². The van der Waals surface area contributed by atoms with Crippen LogP contribution in [0.1, 0.15) is 29.0 Å². The molecule has 2 heterocycles. The van der Waals surface area contributed by atoms with E-state index >= 15 is 0 Å². The summed E-state index contributed by atoms with van der Waals surface area (Å²) >= 11 is 1.79. The van der Waals surface area contributed by atoms with Gasteiger partial charge in [0.2, 0.25) is 0 Å². The van der Waals surface area contributed by atoms with E-state index in [1.54, 1.807) is 17.4 Å². The molecule has 1 aromatic heterocycles. The summed E-state index contributed by atoms with van der Waals surface area (Å²) in [6, 6.07) is 8.91. The molecule has 1 aliphatic heterocycles. The Morgan fingerprint density at radius 1 is 1.42 bits per heavy atom. The summed E-state index contributed by atoms with van der Waals surface area (Å²) in [5, 5.41) is 11.3. The van der Waals surface area contributed by atoms with Crippen LogP contribution in [0.2, 0.25) is 0 Å². The lowest BCUT2D eigenvalue weighted by Gasteiger charge is -2.36. The molecular formula is C15H13FN2S. The number of benzene rings is 1. The highest BCUT2D eigenvalue weighted by Gasteiger charge is 2.26. The molecule has 0 fully saturated rings. The molecule has 1 unspecified atom stereocenters. The van der Waals surface area contributed by atoms with Gasteiger partial charge < -0.3 is 4.90 Å². The first-order valence-electron chi connectivity index (χ1n) is 6.23. The summed E-state index contributed by atoms with van der Waals surface area (Å²) in [5.41, 5.74) is 2.56. The van der Waals surface area contributed by atoms with E-state index in [2.05, 4.69) is 29.3 Å². The van der Waals surface area contributed by atoms with E-state index in [0.29, 0.717) is 5.56 Å². The number of thiophene rings is 1. The third-order valence-corrected chi connectivity index (χ3v) is 4.66. The molecular weight excluding hydrogens is 259 g/mol. The Morgan fingerprint density at radius 2 is 2.26 bits per heavy atom. The SMILES string of the molecule is CC1c2ccsc2CCN1c1ccc(F)cc1C#N. The highest BCUT2D eigenvalue weighted by atomic mass is 32.1. The fourth-order valence-corrected chi connectivity index (χ4v) is 3.65. The van der Waals surface area contributed by atoms with E-state index < -0.39 is 0 Å². The predicted octanol–water partition coefficient (Wildman–Crippen LogP) is 3.88. The van der Waals surface area contributed by atoms with Crippen LogP contribution in [-0.2, 0) is 6.42 Å². The van der Waals surface area contributed by atoms with Crippen molar-refractivity contribution in [1.82, 2.24) is 0 Å². The lowest BCUT2D eigenvalue weighted by atomic mass is 9.99. The maximum Gasteiger partial charge on any atom is 0.124 e. The monoisotopic (exact) mass is 272 g/mol. The van der Waals surface area contributed by atoms with Crippen LogP contribution in [0.3, 0.4) is 0 Å². The molecule has 3 rings (SSSR count). The number of rotatable bonds is 1. The fraction of sp³-hybridized carbons (Fsp3) is 0.267. The van der Waals surface area contributed by atoms with Crippen LogP contribution >= 0.6 is 11.3 Å². The minimum absolute atomic E-state index is 0.229. The Morgan fingerprint density at radius 3 is 3.05 bits per heavy atom. The molecule has 1 aliphatic rings. The van der Waals surface area contributed by atoms with Gasteiger partial charge >= 0.3 is 0 Å². The van der Waals surface area contributed by atoms with Gasteiger partial charge in [-0.15, -0.1) is 11.3 Å². The molecule has 1 aromatic carbocycles. The van der Waals surface area contributed by atoms with Gasteiger partial charge in [0.1, 0.15) is 11.9 Å². The number of anilines is 1. The second kappa shape index (κ2) is 4.67. The summed E-state index contributed by atoms with van der Waals surface area (Å²) < 4.78 is 13.2. The van der Waals surface area contributed by atoms with Crippen molar-refractivity contribution in [2.45, 2.75) is 19.4 Å². The molecule has 0 bridgehead atoms. The number of halogens is 1. The van der Waals surface area contributed by atoms with Crippen LogP contribution in [-0.4, -0.2) is 6.54 Å². The lowest BCUT2D eigenvalue weighted by molar-refractivity contribution is 0.618. The highest BCUT2D eigenvalue weighted by molar-refractivity contribution is 7.10. The van der Waals surface area contributed by atoms with Crippen molar-refractivity contribution in [2.75, 3.05) is 11.4 Å². The smallest absolute Gasteiger partial charge is 0.124 e. The third-order valence-electron chi connectivity index (χ3n) is 3.67. The molecule has 2 nitrogen and oxygen atoms in total. The molecule has 4 heteroatoms. The largest absolute Gasteiger partial charge is 0.363 e. The van der Waals surface area contributed by atoms with Gasteiger partial charge in [-0.25, -0.2) is 4.39 Å². The van der Waals surface area contributed by atoms with Crippen LogP contribution in [0.15, 0.2) is 29.6 Å². The molecule has 0 aliphatic carbocycles. The van der Waals surface area contributed by atoms with Gasteiger partial charge in [-0.2, -0.15) is 5.26 Å². The standard InChI is InChI=1S/C15H13FN2S/c1-10-13-5-7-19-15(13)4-6-18(10)14-3-2-12(16)8-11(14)9-17/h2-3,5,7-8,10H,4,6H2,1H3. The Labute approximate surface area is 115 Å². The number of fused-ring (bicyclic) bond motifs is 1. The average molecular weight is 272 g/mol. The minimum Gasteiger partial charge on any atom is -0.363 e. The zero-order valence-corrected chi connectivity index (χ0v) is 11.4. The first-order chi connectivity index (χ1) is 9.20. The maximum absolute atomic E-state index is 13.2. The Kier molecular flexibility index (Phi) is 3.00. The molecule has 0 radical (unpaired) electrons. The van der Waals surface area contributed by atoms with Gasteiger partial charge in [-0.1, -0.05) is 0 Å². The molecule has 0 amide bonds. The fourth-order valence-electron chi connectivity index (χ4n) is 2.69. The maximum atomic E-state index is 13.2. The second-order valence-electron chi connectivity index (χ2n) is 4.69. The van der Waals surface area contributed by atoms with Crippen LogP contribution < -0.4 is 4.90 Å². The number of hydrogen-bond acceptors (Lipinski definition) is 3. The van der Waals surface area contributed by atoms with Crippen molar-refractivity contribution in [2.24, 2.45) is 0 Å². The van der Waals surface area contributed by atoms with Gasteiger partial charge in [0, 0.05) is 11.4 Å². The van der Waals surface area contributed by atoms with E-state index in [-0.39, 0.29) is 11.9 Å². The number of hydrogen-bond donors (Lipinski definition) is 0. The van der Waals surface area contributed by atoms with E-state index in [9.17, 15) is 9.65 Å². The normalized spacial score (nSPS) is 17.9. The van der Waals surface area contributed by atoms with Crippen LogP contribution in [0.4, 0.5) is 10.1 Å². The Balaban J connectivity index is 2.03. The molecule has 0 N–H and O–H groups in total. The van der Waals surface area contributed by atoms with E-state index in [4.69, 9.17) is 0 Å². The third kappa shape index (κ3) is 2.00. The van der Waals surface area contributed by atoms with E-state index in [0.717, 1.165) is 18.7 Å². The number of nitrogens with zero attached hydrogens (tertiary/aromatic N) is 2. The zero-order valence-electron chi connectivity index (χ0n) is 10.6. The molecule has 0 saturated heterocycles. The quantitative estimate of drug-likeness (QED) is 0.787. The highest BCUT2D eigenvalue weighted by Crippen LogP contribution is 2.37. The van der Waals surface area contributed by atoms with Gasteiger partial charge in [-0.05, 0) is 48.6 Å². The lowest BCUT2D eigenvalue weighted by Crippen LogP contribution is -2.33. The molecule has 96 valence electrons. The summed E-state index contributed by atoms with van der Waals surface area (Å²) in [6.45, 7) is 3.00. The Hall–Kier alpha value is -1.86. The zero-order chi connectivity index (χ0) is 13.4. The molecule has 2 aromatic rings. The molecule has 0 spiro atoms. The summed E-state index contributed by atoms with van der Waals surface area (Å²) in [7, 11) is 0. The van der Waals surface area contributed by atoms with Gasteiger partial charge in [0.25, 0.3) is 0 Å². The van der Waals surface area contributed by atoms with Crippen molar-refractivity contribution in [3.05, 3.63) is 51.5 Å². The van der Waals surface area contributed by atoms with Crippen LogP contribution in [0.25, 0.3) is 0 Å². The summed E-state index contributed by atoms with van der Waals surface area (Å²) in [5.74, 6) is -0.360. The Bertz CT molecular complexity index is 656. The molecule has 0 saturated carbocycles. The molecule has 19 heavy (non-hydrogen) atoms. The first kappa shape index (κ1) is 12.2. The first-order valence-corrected chi connectivity index (χ1v) is 7.11. The van der Waals surface area contributed by atoms with Gasteiger partial charge in [0.15, 0.2) is 0 Å². The van der Waals surface area contributed by atoms with Gasteiger partial charge in [-0.3, -0.25) is 0 Å². The van der Waals surface area contributed by atoms with Crippen LogP contribution in [0.5, 0.6) is 0 Å². The predicted molar refractivity (Wildman–Crippen MR) is 74.9 cm³/mol. The van der Waals surface area contributed by atoms with Crippen molar-refractivity contribution in [3.63, 3.8) is 0 Å². The van der Waals surface area contributed by atoms with Crippen molar-refractivity contribution in [3.8, 4) is 6.07 Å². The topological polar surface area (TPSA) is 27.0 Å². The van der Waals surface area contributed by atoms with Crippen molar-refractivity contribution < 1.29 is 4.39 Å². The minimum atomic E-state index is -0.360.